The number of carbonyl (C=O) groups excluding carboxylic acids is 1. The number of aromatic carboxylic acids is 1. The lowest BCUT2D eigenvalue weighted by molar-refractivity contribution is 0.0438. The Morgan fingerprint density at radius 2 is 1.95 bits per heavy atom. The van der Waals surface area contributed by atoms with E-state index in [-0.39, 0.29) is 10.8 Å². The highest BCUT2D eigenvalue weighted by Gasteiger charge is 2.28. The predicted octanol–water partition coefficient (Wildman–Crippen LogP) is 1.82. The van der Waals surface area contributed by atoms with Gasteiger partial charge in [-0.25, -0.2) is 4.79 Å². The van der Waals surface area contributed by atoms with E-state index < -0.39 is 11.6 Å². The van der Waals surface area contributed by atoms with Gasteiger partial charge in [-0.3, -0.25) is 4.79 Å². The van der Waals surface area contributed by atoms with Gasteiger partial charge in [-0.1, -0.05) is 0 Å². The molecule has 2 heterocycles. The predicted molar refractivity (Wildman–Crippen MR) is 71.7 cm³/mol. The van der Waals surface area contributed by atoms with Gasteiger partial charge in [-0.2, -0.15) is 0 Å². The highest BCUT2D eigenvalue weighted by Crippen LogP contribution is 2.24. The van der Waals surface area contributed by atoms with Gasteiger partial charge in [0.15, 0.2) is 0 Å². The van der Waals surface area contributed by atoms with E-state index in [1.807, 2.05) is 0 Å². The maximum atomic E-state index is 12.3. The standard InChI is InChI=1S/C13H17NO4S/c1-13(18)5-2-7-14(8-6-13)11(15)9-3-4-10(19-9)12(16)17/h3-4,18H,2,5-8H2,1H3,(H,16,17). The number of carboxylic acids is 1. The molecule has 1 saturated heterocycles. The number of carbonyl (C=O) groups is 2. The zero-order valence-electron chi connectivity index (χ0n) is 10.8. The van der Waals surface area contributed by atoms with Crippen molar-refractivity contribution in [3.63, 3.8) is 0 Å². The van der Waals surface area contributed by atoms with Crippen LogP contribution in [-0.4, -0.2) is 45.7 Å². The molecular weight excluding hydrogens is 266 g/mol. The van der Waals surface area contributed by atoms with E-state index >= 15 is 0 Å². The highest BCUT2D eigenvalue weighted by atomic mass is 32.1. The number of likely N-dealkylation sites (tertiary alicyclic amines) is 1. The van der Waals surface area contributed by atoms with Crippen LogP contribution in [0, 0.1) is 0 Å². The molecule has 1 aromatic rings. The normalized spacial score (nSPS) is 24.0. The average Bonchev–Trinajstić information content (AvgIpc) is 2.75. The summed E-state index contributed by atoms with van der Waals surface area (Å²) in [6.45, 7) is 2.90. The second-order valence-corrected chi connectivity index (χ2v) is 6.20. The van der Waals surface area contributed by atoms with Crippen LogP contribution in [0.1, 0.15) is 45.5 Å². The van der Waals surface area contributed by atoms with Gasteiger partial charge in [-0.15, -0.1) is 11.3 Å². The summed E-state index contributed by atoms with van der Waals surface area (Å²) < 4.78 is 0. The van der Waals surface area contributed by atoms with Gasteiger partial charge in [0.1, 0.15) is 4.88 Å². The minimum absolute atomic E-state index is 0.143. The third-order valence-electron chi connectivity index (χ3n) is 3.38. The largest absolute Gasteiger partial charge is 0.477 e. The number of aliphatic hydroxyl groups is 1. The Kier molecular flexibility index (Phi) is 3.91. The summed E-state index contributed by atoms with van der Waals surface area (Å²) in [6.07, 6.45) is 1.99. The molecule has 2 rings (SSSR count). The van der Waals surface area contributed by atoms with E-state index in [9.17, 15) is 14.7 Å². The first-order valence-electron chi connectivity index (χ1n) is 6.24. The molecule has 5 nitrogen and oxygen atoms in total. The maximum Gasteiger partial charge on any atom is 0.345 e. The summed E-state index contributed by atoms with van der Waals surface area (Å²) in [6, 6.07) is 3.01. The molecule has 1 amide bonds. The van der Waals surface area contributed by atoms with Crippen LogP contribution in [0.25, 0.3) is 0 Å². The van der Waals surface area contributed by atoms with Gasteiger partial charge in [0, 0.05) is 13.1 Å². The first-order valence-corrected chi connectivity index (χ1v) is 7.05. The van der Waals surface area contributed by atoms with Gasteiger partial charge in [-0.05, 0) is 38.3 Å². The molecule has 1 aliphatic heterocycles. The van der Waals surface area contributed by atoms with Crippen LogP contribution < -0.4 is 0 Å². The topological polar surface area (TPSA) is 77.8 Å². The molecule has 2 N–H and O–H groups in total. The van der Waals surface area contributed by atoms with Crippen molar-refractivity contribution in [2.75, 3.05) is 13.1 Å². The first-order chi connectivity index (χ1) is 8.89. The number of hydrogen-bond donors (Lipinski definition) is 2. The van der Waals surface area contributed by atoms with Crippen molar-refractivity contribution in [2.24, 2.45) is 0 Å². The summed E-state index contributed by atoms with van der Waals surface area (Å²) in [5.74, 6) is -1.15. The minimum atomic E-state index is -1.01. The quantitative estimate of drug-likeness (QED) is 0.868. The fourth-order valence-electron chi connectivity index (χ4n) is 2.19. The summed E-state index contributed by atoms with van der Waals surface area (Å²) in [7, 11) is 0. The van der Waals surface area contributed by atoms with Crippen molar-refractivity contribution in [1.29, 1.82) is 0 Å². The number of amides is 1. The van der Waals surface area contributed by atoms with Crippen LogP contribution in [0.4, 0.5) is 0 Å². The number of thiophene rings is 1. The van der Waals surface area contributed by atoms with Crippen molar-refractivity contribution in [3.8, 4) is 0 Å². The van der Waals surface area contributed by atoms with Crippen LogP contribution >= 0.6 is 11.3 Å². The SMILES string of the molecule is CC1(O)CCCN(C(=O)c2ccc(C(=O)O)s2)CC1. The molecule has 0 radical (unpaired) electrons. The molecule has 0 bridgehead atoms. The van der Waals surface area contributed by atoms with Crippen molar-refractivity contribution >= 4 is 23.2 Å². The molecule has 1 aromatic heterocycles. The molecule has 1 atom stereocenters. The van der Waals surface area contributed by atoms with Crippen LogP contribution in [0.2, 0.25) is 0 Å². The molecule has 1 unspecified atom stereocenters. The summed E-state index contributed by atoms with van der Waals surface area (Å²) in [4.78, 5) is 25.4. The van der Waals surface area contributed by atoms with Crippen molar-refractivity contribution in [2.45, 2.75) is 31.8 Å². The summed E-state index contributed by atoms with van der Waals surface area (Å²) in [5.41, 5.74) is -0.712. The second-order valence-electron chi connectivity index (χ2n) is 5.11. The van der Waals surface area contributed by atoms with Gasteiger partial charge in [0.05, 0.1) is 10.5 Å². The van der Waals surface area contributed by atoms with E-state index in [0.29, 0.717) is 30.8 Å². The van der Waals surface area contributed by atoms with Gasteiger partial charge >= 0.3 is 5.97 Å². The van der Waals surface area contributed by atoms with Crippen LogP contribution in [-0.2, 0) is 0 Å². The molecule has 0 spiro atoms. The van der Waals surface area contributed by atoms with Crippen molar-refractivity contribution in [1.82, 2.24) is 4.90 Å². The number of hydrogen-bond acceptors (Lipinski definition) is 4. The zero-order chi connectivity index (χ0) is 14.0. The van der Waals surface area contributed by atoms with Gasteiger partial charge < -0.3 is 15.1 Å². The van der Waals surface area contributed by atoms with Crippen LogP contribution in [0.15, 0.2) is 12.1 Å². The van der Waals surface area contributed by atoms with E-state index in [4.69, 9.17) is 5.11 Å². The average molecular weight is 283 g/mol. The third-order valence-corrected chi connectivity index (χ3v) is 4.44. The van der Waals surface area contributed by atoms with Gasteiger partial charge in [0.2, 0.25) is 0 Å². The summed E-state index contributed by atoms with van der Waals surface area (Å²) in [5, 5.41) is 18.8. The van der Waals surface area contributed by atoms with Crippen molar-refractivity contribution < 1.29 is 19.8 Å². The molecule has 6 heteroatoms. The van der Waals surface area contributed by atoms with Crippen LogP contribution in [0.3, 0.4) is 0 Å². The second kappa shape index (κ2) is 5.30. The molecule has 0 saturated carbocycles. The minimum Gasteiger partial charge on any atom is -0.477 e. The first kappa shape index (κ1) is 14.0. The molecule has 19 heavy (non-hydrogen) atoms. The van der Waals surface area contributed by atoms with Gasteiger partial charge in [0.25, 0.3) is 5.91 Å². The van der Waals surface area contributed by atoms with E-state index in [2.05, 4.69) is 0 Å². The van der Waals surface area contributed by atoms with E-state index in [1.54, 1.807) is 17.9 Å². The molecule has 0 aliphatic carbocycles. The Bertz CT molecular complexity index is 495. The van der Waals surface area contributed by atoms with E-state index in [0.717, 1.165) is 17.8 Å². The number of nitrogens with zero attached hydrogens (tertiary/aromatic N) is 1. The monoisotopic (exact) mass is 283 g/mol. The lowest BCUT2D eigenvalue weighted by Crippen LogP contribution is -2.33. The molecule has 104 valence electrons. The third kappa shape index (κ3) is 3.33. The smallest absolute Gasteiger partial charge is 0.345 e. The molecule has 1 fully saturated rings. The Labute approximate surface area is 115 Å². The Balaban J connectivity index is 2.08. The molecule has 0 aromatic carbocycles. The van der Waals surface area contributed by atoms with Crippen molar-refractivity contribution in [3.05, 3.63) is 21.9 Å². The fraction of sp³-hybridized carbons (Fsp3) is 0.538. The molecule has 1 aliphatic rings. The Morgan fingerprint density at radius 3 is 2.58 bits per heavy atom. The fourth-order valence-corrected chi connectivity index (χ4v) is 3.00. The Morgan fingerprint density at radius 1 is 1.26 bits per heavy atom. The zero-order valence-corrected chi connectivity index (χ0v) is 11.6. The van der Waals surface area contributed by atoms with Crippen LogP contribution in [0.5, 0.6) is 0 Å². The van der Waals surface area contributed by atoms with E-state index in [1.165, 1.54) is 6.07 Å². The number of rotatable bonds is 2. The molecular formula is C13H17NO4S. The highest BCUT2D eigenvalue weighted by molar-refractivity contribution is 7.15. The Hall–Kier alpha value is -1.40. The summed E-state index contributed by atoms with van der Waals surface area (Å²) >= 11 is 0.996. The lowest BCUT2D eigenvalue weighted by Gasteiger charge is -2.22. The lowest BCUT2D eigenvalue weighted by atomic mass is 9.98. The number of carboxylic acid groups (broad SMARTS) is 1. The maximum absolute atomic E-state index is 12.3.